The van der Waals surface area contributed by atoms with Gasteiger partial charge in [0.15, 0.2) is 0 Å². The molecule has 0 bridgehead atoms. The Hall–Kier alpha value is -0.840. The van der Waals surface area contributed by atoms with Gasteiger partial charge in [-0.1, -0.05) is 13.3 Å². The Balaban J connectivity index is 2.71. The van der Waals surface area contributed by atoms with Gasteiger partial charge in [-0.3, -0.25) is 4.79 Å². The van der Waals surface area contributed by atoms with Crippen molar-refractivity contribution in [2.75, 3.05) is 5.73 Å². The monoisotopic (exact) mass is 173 g/mol. The Morgan fingerprint density at radius 2 is 2.45 bits per heavy atom. The van der Waals surface area contributed by atoms with Crippen molar-refractivity contribution in [2.45, 2.75) is 26.3 Å². The van der Waals surface area contributed by atoms with Crippen LogP contribution in [0.25, 0.3) is 0 Å². The van der Waals surface area contributed by atoms with Crippen LogP contribution in [0.5, 0.6) is 0 Å². The van der Waals surface area contributed by atoms with Gasteiger partial charge < -0.3 is 5.73 Å². The van der Waals surface area contributed by atoms with Crippen LogP contribution in [-0.4, -0.2) is 8.33 Å². The molecule has 1 heterocycles. The fourth-order valence-corrected chi connectivity index (χ4v) is 1.38. The van der Waals surface area contributed by atoms with Gasteiger partial charge >= 0.3 is 5.56 Å². The third kappa shape index (κ3) is 1.80. The van der Waals surface area contributed by atoms with E-state index in [2.05, 4.69) is 11.3 Å². The van der Waals surface area contributed by atoms with Gasteiger partial charge in [-0.05, 0) is 6.42 Å². The fourth-order valence-electron chi connectivity index (χ4n) is 0.741. The van der Waals surface area contributed by atoms with Crippen LogP contribution in [0.15, 0.2) is 4.79 Å². The van der Waals surface area contributed by atoms with E-state index >= 15 is 0 Å². The van der Waals surface area contributed by atoms with E-state index in [1.165, 1.54) is 0 Å². The van der Waals surface area contributed by atoms with Gasteiger partial charge in [0.25, 0.3) is 0 Å². The van der Waals surface area contributed by atoms with Crippen molar-refractivity contribution >= 4 is 17.5 Å². The van der Waals surface area contributed by atoms with Crippen LogP contribution < -0.4 is 11.3 Å². The van der Waals surface area contributed by atoms with Crippen molar-refractivity contribution in [1.29, 1.82) is 0 Å². The van der Waals surface area contributed by atoms with E-state index < -0.39 is 0 Å². The average molecular weight is 173 g/mol. The molecule has 0 aromatic carbocycles. The van der Waals surface area contributed by atoms with Crippen LogP contribution in [-0.2, 0) is 6.54 Å². The highest BCUT2D eigenvalue weighted by molar-refractivity contribution is 7.00. The average Bonchev–Trinajstić information content (AvgIpc) is 2.31. The van der Waals surface area contributed by atoms with Crippen LogP contribution in [0, 0.1) is 0 Å². The summed E-state index contributed by atoms with van der Waals surface area (Å²) < 4.78 is 5.32. The van der Waals surface area contributed by atoms with E-state index in [0.717, 1.165) is 31.1 Å². The maximum Gasteiger partial charge on any atom is 0.304 e. The lowest BCUT2D eigenvalue weighted by molar-refractivity contribution is 0.659. The number of hydrogen-bond donors (Lipinski definition) is 1. The Morgan fingerprint density at radius 1 is 1.73 bits per heavy atom. The summed E-state index contributed by atoms with van der Waals surface area (Å²) in [5.41, 5.74) is 5.13. The molecule has 0 spiro atoms. The van der Waals surface area contributed by atoms with Crippen LogP contribution in [0.1, 0.15) is 19.8 Å². The van der Waals surface area contributed by atoms with E-state index in [-0.39, 0.29) is 11.4 Å². The van der Waals surface area contributed by atoms with Gasteiger partial charge in [0.2, 0.25) is 5.82 Å². The number of aromatic nitrogens is 2. The molecule has 0 aliphatic heterocycles. The third-order valence-electron chi connectivity index (χ3n) is 1.40. The van der Waals surface area contributed by atoms with Crippen molar-refractivity contribution in [3.63, 3.8) is 0 Å². The molecule has 0 aliphatic carbocycles. The maximum absolute atomic E-state index is 11.1. The van der Waals surface area contributed by atoms with Crippen molar-refractivity contribution < 1.29 is 0 Å². The molecule has 1 rings (SSSR count). The maximum atomic E-state index is 11.1. The van der Waals surface area contributed by atoms with Gasteiger partial charge in [0.05, 0.1) is 11.7 Å². The topological polar surface area (TPSA) is 60.9 Å². The Kier molecular flexibility index (Phi) is 2.64. The second kappa shape index (κ2) is 3.52. The van der Waals surface area contributed by atoms with E-state index in [9.17, 15) is 4.79 Å². The molecule has 0 aliphatic rings. The van der Waals surface area contributed by atoms with Crippen molar-refractivity contribution in [1.82, 2.24) is 8.33 Å². The molecule has 0 radical (unpaired) electrons. The third-order valence-corrected chi connectivity index (χ3v) is 2.22. The summed E-state index contributed by atoms with van der Waals surface area (Å²) in [7, 11) is 0. The van der Waals surface area contributed by atoms with Gasteiger partial charge in [0.1, 0.15) is 0 Å². The summed E-state index contributed by atoms with van der Waals surface area (Å²) in [4.78, 5) is 11.1. The second-order valence-electron chi connectivity index (χ2n) is 2.32. The van der Waals surface area contributed by atoms with Crippen molar-refractivity contribution in [3.05, 3.63) is 10.4 Å². The quantitative estimate of drug-likeness (QED) is 0.731. The molecule has 0 amide bonds. The first-order chi connectivity index (χ1) is 5.25. The van der Waals surface area contributed by atoms with Crippen molar-refractivity contribution in [2.24, 2.45) is 0 Å². The normalized spacial score (nSPS) is 10.3. The minimum atomic E-state index is -0.150. The van der Waals surface area contributed by atoms with Crippen LogP contribution >= 0.6 is 11.7 Å². The number of aryl methyl sites for hydroxylation is 1. The zero-order valence-corrected chi connectivity index (χ0v) is 7.23. The van der Waals surface area contributed by atoms with Gasteiger partial charge in [-0.15, -0.1) is 0 Å². The van der Waals surface area contributed by atoms with E-state index in [1.54, 1.807) is 3.96 Å². The highest BCUT2D eigenvalue weighted by Crippen LogP contribution is 1.97. The molecular formula is C6H11N3OS. The number of anilines is 1. The molecule has 62 valence electrons. The molecule has 0 unspecified atom stereocenters. The molecule has 2 N–H and O–H groups in total. The number of nitrogen functional groups attached to an aromatic ring is 1. The molecular weight excluding hydrogens is 162 g/mol. The predicted molar refractivity (Wildman–Crippen MR) is 45.7 cm³/mol. The molecule has 11 heavy (non-hydrogen) atoms. The lowest BCUT2D eigenvalue weighted by Crippen LogP contribution is -2.15. The minimum Gasteiger partial charge on any atom is -0.378 e. The van der Waals surface area contributed by atoms with E-state index in [0.29, 0.717) is 0 Å². The minimum absolute atomic E-state index is 0.117. The standard InChI is InChI=1S/C6H11N3OS/c1-2-3-4-9-6(10)5(7)8-11-9/h2-4H2,1H3,(H2,7,8). The van der Waals surface area contributed by atoms with Crippen LogP contribution in [0.2, 0.25) is 0 Å². The lowest BCUT2D eigenvalue weighted by atomic mass is 10.3. The first-order valence-corrected chi connectivity index (χ1v) is 4.31. The Morgan fingerprint density at radius 3 is 2.91 bits per heavy atom. The zero-order valence-electron chi connectivity index (χ0n) is 6.41. The SMILES string of the molecule is CCCCn1snc(N)c1=O. The largest absolute Gasteiger partial charge is 0.378 e. The number of nitrogens with two attached hydrogens (primary N) is 1. The Bertz CT molecular complexity index is 278. The first-order valence-electron chi connectivity index (χ1n) is 3.58. The second-order valence-corrected chi connectivity index (χ2v) is 3.11. The molecule has 5 heteroatoms. The summed E-state index contributed by atoms with van der Waals surface area (Å²) in [6, 6.07) is 0. The Labute approximate surface area is 69.0 Å². The smallest absolute Gasteiger partial charge is 0.304 e. The molecule has 0 fully saturated rings. The molecule has 1 aromatic rings. The van der Waals surface area contributed by atoms with Crippen molar-refractivity contribution in [3.8, 4) is 0 Å². The summed E-state index contributed by atoms with van der Waals surface area (Å²) in [6.07, 6.45) is 2.08. The van der Waals surface area contributed by atoms with Gasteiger partial charge in [0, 0.05) is 6.54 Å². The van der Waals surface area contributed by atoms with E-state index in [4.69, 9.17) is 5.73 Å². The number of hydrogen-bond acceptors (Lipinski definition) is 4. The molecule has 0 saturated heterocycles. The first kappa shape index (κ1) is 8.26. The summed E-state index contributed by atoms with van der Waals surface area (Å²) >= 11 is 1.15. The van der Waals surface area contributed by atoms with Crippen LogP contribution in [0.4, 0.5) is 5.82 Å². The highest BCUT2D eigenvalue weighted by atomic mass is 32.1. The summed E-state index contributed by atoms with van der Waals surface area (Å²) in [5.74, 6) is 0.117. The summed E-state index contributed by atoms with van der Waals surface area (Å²) in [6.45, 7) is 2.82. The summed E-state index contributed by atoms with van der Waals surface area (Å²) in [5, 5.41) is 0. The molecule has 1 aromatic heterocycles. The highest BCUT2D eigenvalue weighted by Gasteiger charge is 2.02. The molecule has 0 atom stereocenters. The number of nitrogens with zero attached hydrogens (tertiary/aromatic N) is 2. The lowest BCUT2D eigenvalue weighted by Gasteiger charge is -1.93. The zero-order chi connectivity index (χ0) is 8.27. The van der Waals surface area contributed by atoms with Gasteiger partial charge in [-0.2, -0.15) is 4.37 Å². The number of unbranched alkanes of at least 4 members (excludes halogenated alkanes) is 1. The van der Waals surface area contributed by atoms with Crippen LogP contribution in [0.3, 0.4) is 0 Å². The van der Waals surface area contributed by atoms with E-state index in [1.807, 2.05) is 0 Å². The van der Waals surface area contributed by atoms with Gasteiger partial charge in [-0.25, -0.2) is 3.96 Å². The molecule has 0 saturated carbocycles. The molecule has 4 nitrogen and oxygen atoms in total. The predicted octanol–water partition coefficient (Wildman–Crippen LogP) is 0.687. The number of rotatable bonds is 3. The fraction of sp³-hybridized carbons (Fsp3) is 0.667.